The molecule has 4 rings (SSSR count). The highest BCUT2D eigenvalue weighted by Crippen LogP contribution is 2.29. The summed E-state index contributed by atoms with van der Waals surface area (Å²) in [4.78, 5) is 11.6. The van der Waals surface area contributed by atoms with E-state index in [0.29, 0.717) is 17.2 Å². The number of carbonyl (C=O) groups is 1. The van der Waals surface area contributed by atoms with E-state index >= 15 is 0 Å². The van der Waals surface area contributed by atoms with Crippen LogP contribution in [0.4, 0.5) is 0 Å². The molecular formula is C24H18O4. The Balaban J connectivity index is 1.53. The third kappa shape index (κ3) is 4.30. The molecule has 28 heavy (non-hydrogen) atoms. The average molecular weight is 370 g/mol. The van der Waals surface area contributed by atoms with E-state index in [2.05, 4.69) is 0 Å². The monoisotopic (exact) mass is 370 g/mol. The van der Waals surface area contributed by atoms with E-state index in [1.54, 1.807) is 24.3 Å². The van der Waals surface area contributed by atoms with E-state index in [1.165, 1.54) is 12.2 Å². The van der Waals surface area contributed by atoms with Crippen LogP contribution < -0.4 is 14.2 Å². The first-order valence-electron chi connectivity index (χ1n) is 8.89. The first kappa shape index (κ1) is 17.6. The molecule has 0 atom stereocenters. The maximum Gasteiger partial charge on any atom is 0.292 e. The smallest absolute Gasteiger partial charge is 0.292 e. The van der Waals surface area contributed by atoms with E-state index in [9.17, 15) is 4.79 Å². The number of allylic oxidation sites excluding steroid dienone is 2. The molecule has 0 saturated carbocycles. The maximum absolute atomic E-state index is 11.6. The van der Waals surface area contributed by atoms with Gasteiger partial charge in [0.15, 0.2) is 5.78 Å². The molecule has 1 aliphatic carbocycles. The molecule has 4 nitrogen and oxygen atoms in total. The molecule has 3 aromatic carbocycles. The summed E-state index contributed by atoms with van der Waals surface area (Å²) in [5.41, 5.74) is 0. The summed E-state index contributed by atoms with van der Waals surface area (Å²) in [6.07, 6.45) is 6.10. The van der Waals surface area contributed by atoms with Crippen molar-refractivity contribution in [2.24, 2.45) is 0 Å². The molecule has 0 amide bonds. The van der Waals surface area contributed by atoms with Gasteiger partial charge in [0, 0.05) is 12.2 Å². The zero-order chi connectivity index (χ0) is 19.2. The fourth-order valence-corrected chi connectivity index (χ4v) is 2.72. The standard InChI is InChI=1S/C24H18O4/c25-19-15-17-24(18-16-19,27-22-9-5-2-6-10-22)28-23-13-11-21(12-14-23)26-20-7-3-1-4-8-20/h1-18H. The van der Waals surface area contributed by atoms with E-state index in [-0.39, 0.29) is 5.78 Å². The van der Waals surface area contributed by atoms with Crippen LogP contribution in [0.15, 0.2) is 109 Å². The number of ether oxygens (including phenoxy) is 3. The molecule has 0 fully saturated rings. The number of rotatable bonds is 6. The lowest BCUT2D eigenvalue weighted by atomic mass is 10.1. The quantitative estimate of drug-likeness (QED) is 0.550. The van der Waals surface area contributed by atoms with E-state index in [4.69, 9.17) is 14.2 Å². The summed E-state index contributed by atoms with van der Waals surface area (Å²) in [6, 6.07) is 26.1. The molecule has 138 valence electrons. The average Bonchev–Trinajstić information content (AvgIpc) is 2.73. The zero-order valence-corrected chi connectivity index (χ0v) is 15.0. The van der Waals surface area contributed by atoms with Gasteiger partial charge in [-0.15, -0.1) is 0 Å². The highest BCUT2D eigenvalue weighted by atomic mass is 16.7. The highest BCUT2D eigenvalue weighted by Gasteiger charge is 2.31. The fraction of sp³-hybridized carbons (Fsp3) is 0.0417. The van der Waals surface area contributed by atoms with E-state index in [1.807, 2.05) is 72.8 Å². The molecule has 0 spiro atoms. The molecule has 0 N–H and O–H groups in total. The molecule has 0 radical (unpaired) electrons. The first-order valence-corrected chi connectivity index (χ1v) is 8.89. The Morgan fingerprint density at radius 1 is 0.536 bits per heavy atom. The number of benzene rings is 3. The summed E-state index contributed by atoms with van der Waals surface area (Å²) in [6.45, 7) is 0. The second kappa shape index (κ2) is 7.84. The molecule has 0 aliphatic heterocycles. The Morgan fingerprint density at radius 2 is 0.964 bits per heavy atom. The van der Waals surface area contributed by atoms with Gasteiger partial charge >= 0.3 is 0 Å². The summed E-state index contributed by atoms with van der Waals surface area (Å²) < 4.78 is 17.9. The van der Waals surface area contributed by atoms with Crippen LogP contribution in [0.3, 0.4) is 0 Å². The van der Waals surface area contributed by atoms with Crippen LogP contribution >= 0.6 is 0 Å². The molecule has 0 heterocycles. The van der Waals surface area contributed by atoms with E-state index in [0.717, 1.165) is 5.75 Å². The predicted octanol–water partition coefficient (Wildman–Crippen LogP) is 5.33. The Kier molecular flexibility index (Phi) is 4.93. The van der Waals surface area contributed by atoms with Gasteiger partial charge in [0.2, 0.25) is 0 Å². The van der Waals surface area contributed by atoms with Crippen LogP contribution in [0.2, 0.25) is 0 Å². The van der Waals surface area contributed by atoms with Crippen molar-refractivity contribution in [2.75, 3.05) is 0 Å². The summed E-state index contributed by atoms with van der Waals surface area (Å²) >= 11 is 0. The Labute approximate surface area is 163 Å². The largest absolute Gasteiger partial charge is 0.457 e. The number of ketones is 1. The molecule has 0 bridgehead atoms. The molecule has 4 heteroatoms. The molecule has 0 unspecified atom stereocenters. The molecule has 0 aromatic heterocycles. The van der Waals surface area contributed by atoms with Gasteiger partial charge in [0.25, 0.3) is 5.79 Å². The predicted molar refractivity (Wildman–Crippen MR) is 107 cm³/mol. The Bertz CT molecular complexity index is 974. The summed E-state index contributed by atoms with van der Waals surface area (Å²) in [5.74, 6) is 1.37. The van der Waals surface area contributed by atoms with Crippen LogP contribution in [0, 0.1) is 0 Å². The Morgan fingerprint density at radius 3 is 1.54 bits per heavy atom. The van der Waals surface area contributed by atoms with Crippen LogP contribution in [0.1, 0.15) is 0 Å². The minimum atomic E-state index is -1.20. The van der Waals surface area contributed by atoms with Crippen molar-refractivity contribution in [1.82, 2.24) is 0 Å². The van der Waals surface area contributed by atoms with Gasteiger partial charge in [0.1, 0.15) is 23.0 Å². The van der Waals surface area contributed by atoms with Crippen LogP contribution in [0.25, 0.3) is 0 Å². The van der Waals surface area contributed by atoms with Crippen molar-refractivity contribution in [1.29, 1.82) is 0 Å². The minimum absolute atomic E-state index is 0.109. The third-order valence-electron chi connectivity index (χ3n) is 4.06. The van der Waals surface area contributed by atoms with Crippen LogP contribution in [0.5, 0.6) is 23.0 Å². The van der Waals surface area contributed by atoms with Crippen molar-refractivity contribution in [2.45, 2.75) is 5.79 Å². The van der Waals surface area contributed by atoms with Gasteiger partial charge in [-0.1, -0.05) is 36.4 Å². The van der Waals surface area contributed by atoms with Crippen molar-refractivity contribution < 1.29 is 19.0 Å². The molecule has 3 aromatic rings. The number of para-hydroxylation sites is 2. The fourth-order valence-electron chi connectivity index (χ4n) is 2.72. The van der Waals surface area contributed by atoms with Gasteiger partial charge in [0.05, 0.1) is 0 Å². The lowest BCUT2D eigenvalue weighted by Gasteiger charge is -2.30. The number of carbonyl (C=O) groups excluding carboxylic acids is 1. The van der Waals surface area contributed by atoms with Crippen molar-refractivity contribution in [3.63, 3.8) is 0 Å². The summed E-state index contributed by atoms with van der Waals surface area (Å²) in [7, 11) is 0. The second-order valence-corrected chi connectivity index (χ2v) is 6.19. The van der Waals surface area contributed by atoms with Crippen molar-refractivity contribution in [3.8, 4) is 23.0 Å². The van der Waals surface area contributed by atoms with Crippen LogP contribution in [-0.2, 0) is 4.79 Å². The second-order valence-electron chi connectivity index (χ2n) is 6.19. The molecule has 0 saturated heterocycles. The Hall–Kier alpha value is -3.79. The van der Waals surface area contributed by atoms with E-state index < -0.39 is 5.79 Å². The SMILES string of the molecule is O=C1C=CC(Oc2ccccc2)(Oc2ccc(Oc3ccccc3)cc2)C=C1. The first-order chi connectivity index (χ1) is 13.7. The van der Waals surface area contributed by atoms with Gasteiger partial charge in [-0.2, -0.15) is 0 Å². The lowest BCUT2D eigenvalue weighted by molar-refractivity contribution is -0.111. The molecule has 1 aliphatic rings. The van der Waals surface area contributed by atoms with Gasteiger partial charge in [-0.3, -0.25) is 4.79 Å². The summed E-state index contributed by atoms with van der Waals surface area (Å²) in [5, 5.41) is 0. The highest BCUT2D eigenvalue weighted by molar-refractivity contribution is 6.00. The normalized spacial score (nSPS) is 14.5. The lowest BCUT2D eigenvalue weighted by Crippen LogP contribution is -2.40. The number of hydrogen-bond acceptors (Lipinski definition) is 4. The maximum atomic E-state index is 11.6. The zero-order valence-electron chi connectivity index (χ0n) is 15.0. The van der Waals surface area contributed by atoms with Gasteiger partial charge in [-0.25, -0.2) is 0 Å². The van der Waals surface area contributed by atoms with Crippen molar-refractivity contribution in [3.05, 3.63) is 109 Å². The topological polar surface area (TPSA) is 44.8 Å². The van der Waals surface area contributed by atoms with Crippen molar-refractivity contribution >= 4 is 5.78 Å². The number of hydrogen-bond donors (Lipinski definition) is 0. The molecular weight excluding hydrogens is 352 g/mol. The van der Waals surface area contributed by atoms with Gasteiger partial charge < -0.3 is 14.2 Å². The third-order valence-corrected chi connectivity index (χ3v) is 4.06. The minimum Gasteiger partial charge on any atom is -0.457 e. The van der Waals surface area contributed by atoms with Gasteiger partial charge in [-0.05, 0) is 60.7 Å². The van der Waals surface area contributed by atoms with Crippen LogP contribution in [-0.4, -0.2) is 11.6 Å².